The zero-order valence-electron chi connectivity index (χ0n) is 12.2. The van der Waals surface area contributed by atoms with Crippen LogP contribution in [0.3, 0.4) is 0 Å². The Kier molecular flexibility index (Phi) is 8.60. The van der Waals surface area contributed by atoms with Gasteiger partial charge in [-0.05, 0) is 13.0 Å². The maximum absolute atomic E-state index is 9.81. The lowest BCUT2D eigenvalue weighted by molar-refractivity contribution is -0.236. The van der Waals surface area contributed by atoms with Crippen LogP contribution in [0.1, 0.15) is 45.4 Å². The van der Waals surface area contributed by atoms with Crippen molar-refractivity contribution in [3.8, 4) is 0 Å². The molecule has 1 saturated heterocycles. The molecule has 0 saturated carbocycles. The van der Waals surface area contributed by atoms with E-state index in [0.29, 0.717) is 6.54 Å². The van der Waals surface area contributed by atoms with E-state index in [1.54, 1.807) is 0 Å². The van der Waals surface area contributed by atoms with Gasteiger partial charge in [0.05, 0.1) is 6.61 Å². The van der Waals surface area contributed by atoms with Gasteiger partial charge in [0.25, 0.3) is 0 Å². The number of ether oxygens (including phenoxy) is 1. The van der Waals surface area contributed by atoms with Crippen molar-refractivity contribution in [2.24, 2.45) is 0 Å². The smallest absolute Gasteiger partial charge is 0.137 e. The van der Waals surface area contributed by atoms with Crippen molar-refractivity contribution in [2.75, 3.05) is 13.2 Å². The van der Waals surface area contributed by atoms with Crippen molar-refractivity contribution in [3.05, 3.63) is 0 Å². The first-order valence-electron chi connectivity index (χ1n) is 7.65. The highest BCUT2D eigenvalue weighted by Crippen LogP contribution is 2.19. The van der Waals surface area contributed by atoms with Gasteiger partial charge in [-0.1, -0.05) is 39.0 Å². The number of rotatable bonds is 9. The van der Waals surface area contributed by atoms with Crippen LogP contribution in [0.5, 0.6) is 0 Å². The quantitative estimate of drug-likeness (QED) is 0.375. The monoisotopic (exact) mass is 291 g/mol. The van der Waals surface area contributed by atoms with Crippen LogP contribution in [0.25, 0.3) is 0 Å². The summed E-state index contributed by atoms with van der Waals surface area (Å²) >= 11 is 0. The Morgan fingerprint density at radius 2 is 1.55 bits per heavy atom. The molecule has 0 aromatic carbocycles. The second-order valence-corrected chi connectivity index (χ2v) is 5.47. The first-order valence-corrected chi connectivity index (χ1v) is 7.65. The molecule has 6 nitrogen and oxygen atoms in total. The summed E-state index contributed by atoms with van der Waals surface area (Å²) in [5, 5.41) is 41.2. The number of hydrogen-bond donors (Lipinski definition) is 5. The highest BCUT2D eigenvalue weighted by atomic mass is 16.6. The van der Waals surface area contributed by atoms with E-state index in [2.05, 4.69) is 12.2 Å². The highest BCUT2D eigenvalue weighted by Gasteiger charge is 2.42. The third kappa shape index (κ3) is 5.27. The van der Waals surface area contributed by atoms with Crippen LogP contribution in [0, 0.1) is 0 Å². The highest BCUT2D eigenvalue weighted by molar-refractivity contribution is 4.90. The number of unbranched alkanes of at least 4 members (excludes halogenated alkanes) is 5. The number of aliphatic hydroxyl groups is 4. The molecule has 6 heteroatoms. The molecule has 0 bridgehead atoms. The predicted molar refractivity (Wildman–Crippen MR) is 75.1 cm³/mol. The van der Waals surface area contributed by atoms with Gasteiger partial charge in [0.15, 0.2) is 0 Å². The van der Waals surface area contributed by atoms with Crippen molar-refractivity contribution in [2.45, 2.75) is 76.1 Å². The van der Waals surface area contributed by atoms with Crippen molar-refractivity contribution in [1.29, 1.82) is 0 Å². The van der Waals surface area contributed by atoms with Gasteiger partial charge in [0, 0.05) is 0 Å². The molecule has 1 aliphatic heterocycles. The summed E-state index contributed by atoms with van der Waals surface area (Å²) in [6.07, 6.45) is 1.65. The molecular weight excluding hydrogens is 262 g/mol. The lowest BCUT2D eigenvalue weighted by Crippen LogP contribution is -2.62. The van der Waals surface area contributed by atoms with Gasteiger partial charge in [0.1, 0.15) is 30.6 Å². The lowest BCUT2D eigenvalue weighted by Gasteiger charge is -2.40. The number of hydrogen-bond acceptors (Lipinski definition) is 6. The van der Waals surface area contributed by atoms with E-state index in [4.69, 9.17) is 9.84 Å². The molecule has 0 aromatic heterocycles. The van der Waals surface area contributed by atoms with Gasteiger partial charge >= 0.3 is 0 Å². The molecule has 1 aliphatic rings. The Bertz CT molecular complexity index is 252. The molecule has 5 N–H and O–H groups in total. The molecule has 120 valence electrons. The van der Waals surface area contributed by atoms with Gasteiger partial charge in [-0.3, -0.25) is 5.32 Å². The lowest BCUT2D eigenvalue weighted by atomic mass is 9.98. The minimum atomic E-state index is -1.30. The van der Waals surface area contributed by atoms with Crippen LogP contribution in [0.4, 0.5) is 0 Å². The molecular formula is C14H29NO5. The normalized spacial score (nSPS) is 34.4. The maximum Gasteiger partial charge on any atom is 0.137 e. The second-order valence-electron chi connectivity index (χ2n) is 5.47. The molecule has 1 rings (SSSR count). The van der Waals surface area contributed by atoms with Crippen molar-refractivity contribution in [1.82, 2.24) is 5.32 Å². The van der Waals surface area contributed by atoms with E-state index in [1.165, 1.54) is 25.7 Å². The molecule has 1 unspecified atom stereocenters. The molecule has 0 spiro atoms. The Labute approximate surface area is 120 Å². The van der Waals surface area contributed by atoms with E-state index in [1.807, 2.05) is 0 Å². The van der Waals surface area contributed by atoms with E-state index < -0.39 is 30.6 Å². The van der Waals surface area contributed by atoms with Crippen LogP contribution in [0.15, 0.2) is 0 Å². The first-order chi connectivity index (χ1) is 9.61. The summed E-state index contributed by atoms with van der Waals surface area (Å²) in [6, 6.07) is 0. The van der Waals surface area contributed by atoms with Crippen LogP contribution < -0.4 is 5.32 Å². The minimum absolute atomic E-state index is 0.389. The van der Waals surface area contributed by atoms with E-state index in [-0.39, 0.29) is 6.61 Å². The first kappa shape index (κ1) is 17.8. The summed E-state index contributed by atoms with van der Waals surface area (Å²) in [7, 11) is 0. The summed E-state index contributed by atoms with van der Waals surface area (Å²) < 4.78 is 5.35. The topological polar surface area (TPSA) is 102 Å². The Morgan fingerprint density at radius 1 is 0.900 bits per heavy atom. The molecule has 0 radical (unpaired) electrons. The fraction of sp³-hybridized carbons (Fsp3) is 1.00. The van der Waals surface area contributed by atoms with Crippen LogP contribution in [0.2, 0.25) is 0 Å². The predicted octanol–water partition coefficient (Wildman–Crippen LogP) is -0.264. The molecule has 5 atom stereocenters. The zero-order valence-corrected chi connectivity index (χ0v) is 12.2. The number of aliphatic hydroxyl groups excluding tert-OH is 4. The Balaban J connectivity index is 2.21. The molecule has 1 fully saturated rings. The van der Waals surface area contributed by atoms with Gasteiger partial charge in [-0.25, -0.2) is 0 Å². The second kappa shape index (κ2) is 9.65. The van der Waals surface area contributed by atoms with Crippen LogP contribution >= 0.6 is 0 Å². The fourth-order valence-corrected chi connectivity index (χ4v) is 2.42. The molecule has 0 amide bonds. The van der Waals surface area contributed by atoms with Gasteiger partial charge in [-0.2, -0.15) is 0 Å². The van der Waals surface area contributed by atoms with Gasteiger partial charge < -0.3 is 25.2 Å². The third-order valence-electron chi connectivity index (χ3n) is 3.77. The van der Waals surface area contributed by atoms with Crippen molar-refractivity contribution in [3.63, 3.8) is 0 Å². The zero-order chi connectivity index (χ0) is 15.0. The van der Waals surface area contributed by atoms with Crippen molar-refractivity contribution >= 4 is 0 Å². The van der Waals surface area contributed by atoms with E-state index in [9.17, 15) is 15.3 Å². The molecule has 20 heavy (non-hydrogen) atoms. The minimum Gasteiger partial charge on any atom is -0.394 e. The maximum atomic E-state index is 9.81. The molecule has 1 heterocycles. The third-order valence-corrected chi connectivity index (χ3v) is 3.77. The van der Waals surface area contributed by atoms with Gasteiger partial charge in [0.2, 0.25) is 0 Å². The average molecular weight is 291 g/mol. The van der Waals surface area contributed by atoms with E-state index >= 15 is 0 Å². The van der Waals surface area contributed by atoms with Crippen LogP contribution in [-0.2, 0) is 4.74 Å². The van der Waals surface area contributed by atoms with Crippen molar-refractivity contribution < 1.29 is 25.2 Å². The Hall–Kier alpha value is -0.240. The Morgan fingerprint density at radius 3 is 2.20 bits per heavy atom. The SMILES string of the molecule is CCCCCCCCNC1O[C@H](CO)[C@@H](O)[C@H](O)[C@H]1O. The summed E-state index contributed by atoms with van der Waals surface area (Å²) in [4.78, 5) is 0. The number of nitrogens with one attached hydrogen (secondary N) is 1. The summed E-state index contributed by atoms with van der Waals surface area (Å²) in [5.74, 6) is 0. The summed E-state index contributed by atoms with van der Waals surface area (Å²) in [5.41, 5.74) is 0. The van der Waals surface area contributed by atoms with E-state index in [0.717, 1.165) is 12.8 Å². The fourth-order valence-electron chi connectivity index (χ4n) is 2.42. The molecule has 0 aliphatic carbocycles. The standard InChI is InChI=1S/C14H29NO5/c1-2-3-4-5-6-7-8-15-14-13(19)12(18)11(17)10(9-16)20-14/h10-19H,2-9H2,1H3/t10-,11-,12+,13-,14?/m1/s1. The van der Waals surface area contributed by atoms with Gasteiger partial charge in [-0.15, -0.1) is 0 Å². The summed E-state index contributed by atoms with van der Waals surface area (Å²) in [6.45, 7) is 2.47. The average Bonchev–Trinajstić information content (AvgIpc) is 2.46. The molecule has 0 aromatic rings. The largest absolute Gasteiger partial charge is 0.394 e. The van der Waals surface area contributed by atoms with Crippen LogP contribution in [-0.4, -0.2) is 64.2 Å².